The minimum Gasteiger partial charge on any atom is -0.307 e. The van der Waals surface area contributed by atoms with Crippen LogP contribution in [-0.2, 0) is 5.33 Å². The third-order valence-corrected chi connectivity index (χ3v) is 3.92. The van der Waals surface area contributed by atoms with Gasteiger partial charge in [-0.3, -0.25) is 0 Å². The molecule has 4 heteroatoms. The monoisotopic (exact) mass is 305 g/mol. The molecular formula is C14H16BrN3. The predicted molar refractivity (Wildman–Crippen MR) is 75.8 cm³/mol. The molecular weight excluding hydrogens is 290 g/mol. The standard InChI is InChI=1S/C14H16BrN3/c1-9-3-6-12(10(2)7-9)14-17-16-13(8-15)18(14)11-4-5-11/h3,6-7,11H,4-5,8H2,1-2H3. The molecule has 1 heterocycles. The molecule has 3 rings (SSSR count). The van der Waals surface area contributed by atoms with Crippen LogP contribution in [0.4, 0.5) is 0 Å². The van der Waals surface area contributed by atoms with E-state index in [1.54, 1.807) is 0 Å². The normalized spacial score (nSPS) is 15.1. The smallest absolute Gasteiger partial charge is 0.164 e. The highest BCUT2D eigenvalue weighted by atomic mass is 79.9. The molecule has 0 amide bonds. The Morgan fingerprint density at radius 1 is 1.28 bits per heavy atom. The van der Waals surface area contributed by atoms with Crippen molar-refractivity contribution in [2.45, 2.75) is 38.1 Å². The van der Waals surface area contributed by atoms with Crippen LogP contribution in [-0.4, -0.2) is 14.8 Å². The molecule has 1 aromatic heterocycles. The SMILES string of the molecule is Cc1ccc(-c2nnc(CBr)n2C2CC2)c(C)c1. The number of alkyl halides is 1. The van der Waals surface area contributed by atoms with Gasteiger partial charge in [0.05, 0.1) is 5.33 Å². The lowest BCUT2D eigenvalue weighted by Crippen LogP contribution is -2.02. The molecule has 18 heavy (non-hydrogen) atoms. The van der Waals surface area contributed by atoms with Gasteiger partial charge in [-0.1, -0.05) is 39.7 Å². The van der Waals surface area contributed by atoms with Gasteiger partial charge < -0.3 is 4.57 Å². The average molecular weight is 306 g/mol. The van der Waals surface area contributed by atoms with E-state index in [4.69, 9.17) is 0 Å². The van der Waals surface area contributed by atoms with Crippen LogP contribution < -0.4 is 0 Å². The molecule has 3 nitrogen and oxygen atoms in total. The highest BCUT2D eigenvalue weighted by Gasteiger charge is 2.29. The average Bonchev–Trinajstić information content (AvgIpc) is 3.09. The molecule has 0 radical (unpaired) electrons. The van der Waals surface area contributed by atoms with E-state index in [-0.39, 0.29) is 0 Å². The number of hydrogen-bond donors (Lipinski definition) is 0. The third kappa shape index (κ3) is 1.99. The van der Waals surface area contributed by atoms with E-state index in [0.29, 0.717) is 6.04 Å². The first-order valence-electron chi connectivity index (χ1n) is 6.28. The zero-order chi connectivity index (χ0) is 12.7. The molecule has 2 aromatic rings. The summed E-state index contributed by atoms with van der Waals surface area (Å²) in [5.74, 6) is 2.05. The van der Waals surface area contributed by atoms with Crippen molar-refractivity contribution >= 4 is 15.9 Å². The highest BCUT2D eigenvalue weighted by Crippen LogP contribution is 2.39. The van der Waals surface area contributed by atoms with Crippen LogP contribution in [0.15, 0.2) is 18.2 Å². The molecule has 1 saturated carbocycles. The van der Waals surface area contributed by atoms with Gasteiger partial charge in [-0.2, -0.15) is 0 Å². The molecule has 0 atom stereocenters. The second-order valence-corrected chi connectivity index (χ2v) is 5.55. The second-order valence-electron chi connectivity index (χ2n) is 4.99. The number of nitrogens with zero attached hydrogens (tertiary/aromatic N) is 3. The minimum absolute atomic E-state index is 0.600. The highest BCUT2D eigenvalue weighted by molar-refractivity contribution is 9.08. The fourth-order valence-electron chi connectivity index (χ4n) is 2.38. The molecule has 0 bridgehead atoms. The Balaban J connectivity index is 2.13. The van der Waals surface area contributed by atoms with Crippen molar-refractivity contribution in [2.24, 2.45) is 0 Å². The van der Waals surface area contributed by atoms with Crippen molar-refractivity contribution in [1.29, 1.82) is 0 Å². The summed E-state index contributed by atoms with van der Waals surface area (Å²) in [5, 5.41) is 9.46. The van der Waals surface area contributed by atoms with Crippen molar-refractivity contribution in [3.63, 3.8) is 0 Å². The van der Waals surface area contributed by atoms with E-state index >= 15 is 0 Å². The Hall–Kier alpha value is -1.16. The molecule has 94 valence electrons. The Labute approximate surface area is 115 Å². The largest absolute Gasteiger partial charge is 0.307 e. The minimum atomic E-state index is 0.600. The number of benzene rings is 1. The van der Waals surface area contributed by atoms with E-state index in [2.05, 4.69) is 62.7 Å². The van der Waals surface area contributed by atoms with Crippen molar-refractivity contribution in [2.75, 3.05) is 0 Å². The van der Waals surface area contributed by atoms with Crippen LogP contribution in [0.3, 0.4) is 0 Å². The van der Waals surface area contributed by atoms with Gasteiger partial charge in [0.25, 0.3) is 0 Å². The van der Waals surface area contributed by atoms with E-state index in [0.717, 1.165) is 17.0 Å². The van der Waals surface area contributed by atoms with Gasteiger partial charge in [-0.05, 0) is 32.3 Å². The van der Waals surface area contributed by atoms with Crippen LogP contribution >= 0.6 is 15.9 Å². The van der Waals surface area contributed by atoms with Crippen LogP contribution in [0.25, 0.3) is 11.4 Å². The van der Waals surface area contributed by atoms with Crippen molar-refractivity contribution in [1.82, 2.24) is 14.8 Å². The predicted octanol–water partition coefficient (Wildman–Crippen LogP) is 3.79. The van der Waals surface area contributed by atoms with Gasteiger partial charge in [-0.25, -0.2) is 0 Å². The van der Waals surface area contributed by atoms with Gasteiger partial charge in [0.2, 0.25) is 0 Å². The van der Waals surface area contributed by atoms with Crippen LogP contribution in [0.2, 0.25) is 0 Å². The fraction of sp³-hybridized carbons (Fsp3) is 0.429. The number of hydrogen-bond acceptors (Lipinski definition) is 2. The summed E-state index contributed by atoms with van der Waals surface area (Å²) < 4.78 is 2.30. The molecule has 0 spiro atoms. The van der Waals surface area contributed by atoms with E-state index in [1.807, 2.05) is 0 Å². The number of aryl methyl sites for hydroxylation is 2. The Bertz CT molecular complexity index is 585. The summed E-state index contributed by atoms with van der Waals surface area (Å²) in [6.07, 6.45) is 2.49. The Kier molecular flexibility index (Phi) is 2.98. The van der Waals surface area contributed by atoms with E-state index in [1.165, 1.54) is 29.5 Å². The lowest BCUT2D eigenvalue weighted by Gasteiger charge is -2.10. The number of rotatable bonds is 3. The Morgan fingerprint density at radius 3 is 2.67 bits per heavy atom. The molecule has 0 N–H and O–H groups in total. The van der Waals surface area contributed by atoms with Crippen LogP contribution in [0.1, 0.15) is 35.8 Å². The van der Waals surface area contributed by atoms with Crippen LogP contribution in [0.5, 0.6) is 0 Å². The van der Waals surface area contributed by atoms with Crippen molar-refractivity contribution in [3.05, 3.63) is 35.2 Å². The summed E-state index contributed by atoms with van der Waals surface area (Å²) >= 11 is 3.50. The van der Waals surface area contributed by atoms with Crippen molar-refractivity contribution in [3.8, 4) is 11.4 Å². The van der Waals surface area contributed by atoms with Crippen molar-refractivity contribution < 1.29 is 0 Å². The van der Waals surface area contributed by atoms with E-state index in [9.17, 15) is 0 Å². The molecule has 0 unspecified atom stereocenters. The van der Waals surface area contributed by atoms with E-state index < -0.39 is 0 Å². The summed E-state index contributed by atoms with van der Waals surface area (Å²) in [7, 11) is 0. The third-order valence-electron chi connectivity index (χ3n) is 3.42. The van der Waals surface area contributed by atoms with Crippen LogP contribution in [0, 0.1) is 13.8 Å². The maximum Gasteiger partial charge on any atom is 0.164 e. The first kappa shape index (κ1) is 11.9. The summed E-state index contributed by atoms with van der Waals surface area (Å²) in [5.41, 5.74) is 3.76. The molecule has 1 fully saturated rings. The summed E-state index contributed by atoms with van der Waals surface area (Å²) in [6, 6.07) is 7.10. The zero-order valence-corrected chi connectivity index (χ0v) is 12.2. The van der Waals surface area contributed by atoms with Gasteiger partial charge in [0.15, 0.2) is 5.82 Å². The Morgan fingerprint density at radius 2 is 2.06 bits per heavy atom. The summed E-state index contributed by atoms with van der Waals surface area (Å²) in [6.45, 7) is 4.26. The molecule has 0 saturated heterocycles. The second kappa shape index (κ2) is 4.50. The van der Waals surface area contributed by atoms with Gasteiger partial charge in [0.1, 0.15) is 5.82 Å². The lowest BCUT2D eigenvalue weighted by atomic mass is 10.1. The first-order valence-corrected chi connectivity index (χ1v) is 7.40. The molecule has 1 aliphatic carbocycles. The first-order chi connectivity index (χ1) is 8.70. The zero-order valence-electron chi connectivity index (χ0n) is 10.7. The number of aromatic nitrogens is 3. The lowest BCUT2D eigenvalue weighted by molar-refractivity contribution is 0.714. The topological polar surface area (TPSA) is 30.7 Å². The van der Waals surface area contributed by atoms with Gasteiger partial charge >= 0.3 is 0 Å². The molecule has 0 aliphatic heterocycles. The maximum atomic E-state index is 4.39. The number of halogens is 1. The molecule has 1 aliphatic rings. The van der Waals surface area contributed by atoms with Gasteiger partial charge in [0, 0.05) is 11.6 Å². The summed E-state index contributed by atoms with van der Waals surface area (Å²) in [4.78, 5) is 0. The maximum absolute atomic E-state index is 4.39. The fourth-order valence-corrected chi connectivity index (χ4v) is 2.76. The molecule has 1 aromatic carbocycles. The van der Waals surface area contributed by atoms with Gasteiger partial charge in [-0.15, -0.1) is 10.2 Å². The quantitative estimate of drug-likeness (QED) is 0.808.